The number of aromatic nitrogens is 4. The van der Waals surface area contributed by atoms with Crippen LogP contribution in [-0.2, 0) is 11.2 Å². The van der Waals surface area contributed by atoms with Crippen LogP contribution in [0.2, 0.25) is 0 Å². The summed E-state index contributed by atoms with van der Waals surface area (Å²) in [6.45, 7) is 8.25. The van der Waals surface area contributed by atoms with Gasteiger partial charge in [0.15, 0.2) is 10.8 Å². The molecular weight excluding hydrogens is 336 g/mol. The fourth-order valence-electron chi connectivity index (χ4n) is 3.74. The minimum Gasteiger partial charge on any atom is -0.369 e. The first kappa shape index (κ1) is 18.0. The number of nitrogens with zero attached hydrogens (tertiary/aromatic N) is 5. The Hall–Kier alpha value is -1.83. The Labute approximate surface area is 152 Å². The molecule has 1 amide bonds. The van der Waals surface area contributed by atoms with Gasteiger partial charge in [0.2, 0.25) is 11.9 Å². The smallest absolute Gasteiger partial charge is 0.233 e. The number of carbonyl (C=O) groups excluding carboxylic acids is 1. The van der Waals surface area contributed by atoms with Crippen molar-refractivity contribution < 1.29 is 4.79 Å². The van der Waals surface area contributed by atoms with Gasteiger partial charge in [0.25, 0.3) is 0 Å². The minimum absolute atomic E-state index is 0.149. The average Bonchev–Trinajstić information content (AvgIpc) is 2.97. The first-order valence-electron chi connectivity index (χ1n) is 8.88. The Morgan fingerprint density at radius 3 is 2.60 bits per heavy atom. The molecule has 7 nitrogen and oxygen atoms in total. The van der Waals surface area contributed by atoms with Gasteiger partial charge in [-0.2, -0.15) is 0 Å². The molecule has 3 heterocycles. The van der Waals surface area contributed by atoms with E-state index in [1.165, 1.54) is 18.2 Å². The van der Waals surface area contributed by atoms with Crippen molar-refractivity contribution in [3.05, 3.63) is 11.3 Å². The van der Waals surface area contributed by atoms with Crippen LogP contribution >= 0.6 is 11.8 Å². The summed E-state index contributed by atoms with van der Waals surface area (Å²) in [5, 5.41) is 9.15. The molecule has 3 rings (SSSR count). The number of carbonyl (C=O) groups is 1. The van der Waals surface area contributed by atoms with Gasteiger partial charge < -0.3 is 10.6 Å². The van der Waals surface area contributed by atoms with Crippen LogP contribution in [0.3, 0.4) is 0 Å². The molecule has 2 N–H and O–H groups in total. The molecule has 0 aromatic carbocycles. The predicted octanol–water partition coefficient (Wildman–Crippen LogP) is 2.46. The maximum atomic E-state index is 12.7. The van der Waals surface area contributed by atoms with Crippen molar-refractivity contribution in [1.29, 1.82) is 0 Å². The summed E-state index contributed by atoms with van der Waals surface area (Å²) >= 11 is 1.38. The van der Waals surface area contributed by atoms with E-state index in [0.717, 1.165) is 36.2 Å². The van der Waals surface area contributed by atoms with E-state index in [0.29, 0.717) is 28.9 Å². The van der Waals surface area contributed by atoms with Gasteiger partial charge in [0, 0.05) is 23.3 Å². The Balaban J connectivity index is 1.81. The van der Waals surface area contributed by atoms with Crippen LogP contribution < -0.4 is 5.73 Å². The maximum Gasteiger partial charge on any atom is 0.233 e. The van der Waals surface area contributed by atoms with Crippen LogP contribution in [0, 0.1) is 6.92 Å². The first-order valence-corrected chi connectivity index (χ1v) is 9.86. The number of fused-ring (bicyclic) bond motifs is 1. The molecule has 1 fully saturated rings. The quantitative estimate of drug-likeness (QED) is 0.841. The molecule has 0 radical (unpaired) electrons. The summed E-state index contributed by atoms with van der Waals surface area (Å²) in [6.07, 6.45) is 4.15. The Morgan fingerprint density at radius 1 is 1.28 bits per heavy atom. The summed E-state index contributed by atoms with van der Waals surface area (Å²) in [6, 6.07) is 0.598. The molecule has 1 aliphatic heterocycles. The van der Waals surface area contributed by atoms with Crippen LogP contribution in [0.1, 0.15) is 51.3 Å². The number of amides is 1. The third kappa shape index (κ3) is 3.31. The zero-order chi connectivity index (χ0) is 18.1. The van der Waals surface area contributed by atoms with Crippen molar-refractivity contribution in [2.75, 3.05) is 11.5 Å². The molecule has 1 aliphatic rings. The zero-order valence-corrected chi connectivity index (χ0v) is 16.1. The van der Waals surface area contributed by atoms with Crippen LogP contribution in [0.15, 0.2) is 5.16 Å². The molecule has 8 heteroatoms. The number of hydrogen-bond donors (Lipinski definition) is 1. The highest BCUT2D eigenvalue weighted by Crippen LogP contribution is 2.26. The summed E-state index contributed by atoms with van der Waals surface area (Å²) in [7, 11) is 0. The summed E-state index contributed by atoms with van der Waals surface area (Å²) in [4.78, 5) is 19.1. The van der Waals surface area contributed by atoms with E-state index in [-0.39, 0.29) is 5.91 Å². The van der Waals surface area contributed by atoms with E-state index in [9.17, 15) is 4.79 Å². The van der Waals surface area contributed by atoms with Gasteiger partial charge in [0.05, 0.1) is 5.75 Å². The summed E-state index contributed by atoms with van der Waals surface area (Å²) < 4.78 is 1.76. The molecule has 25 heavy (non-hydrogen) atoms. The van der Waals surface area contributed by atoms with Gasteiger partial charge in [0.1, 0.15) is 0 Å². The number of thioether (sulfide) groups is 1. The van der Waals surface area contributed by atoms with Crippen LogP contribution in [0.5, 0.6) is 0 Å². The van der Waals surface area contributed by atoms with Gasteiger partial charge in [-0.05, 0) is 46.5 Å². The summed E-state index contributed by atoms with van der Waals surface area (Å²) in [5.74, 6) is 0.852. The largest absolute Gasteiger partial charge is 0.369 e. The zero-order valence-electron chi connectivity index (χ0n) is 15.3. The number of likely N-dealkylation sites (tertiary alicyclic amines) is 1. The lowest BCUT2D eigenvalue weighted by molar-refractivity contribution is -0.134. The minimum atomic E-state index is 0.149. The number of anilines is 1. The van der Waals surface area contributed by atoms with E-state index >= 15 is 0 Å². The van der Waals surface area contributed by atoms with Gasteiger partial charge in [-0.1, -0.05) is 18.7 Å². The second-order valence-electron chi connectivity index (χ2n) is 6.75. The Bertz CT molecular complexity index is 779. The molecule has 0 aliphatic carbocycles. The van der Waals surface area contributed by atoms with Crippen LogP contribution in [0.25, 0.3) is 5.65 Å². The van der Waals surface area contributed by atoms with Crippen molar-refractivity contribution in [2.24, 2.45) is 0 Å². The fraction of sp³-hybridized carbons (Fsp3) is 0.647. The Morgan fingerprint density at radius 2 is 1.96 bits per heavy atom. The van der Waals surface area contributed by atoms with Crippen molar-refractivity contribution in [3.63, 3.8) is 0 Å². The van der Waals surface area contributed by atoms with Crippen molar-refractivity contribution in [3.8, 4) is 0 Å². The lowest BCUT2D eigenvalue weighted by Crippen LogP contribution is -2.48. The molecule has 0 saturated carbocycles. The second-order valence-corrected chi connectivity index (χ2v) is 7.69. The molecular formula is C17H26N6OS. The number of rotatable bonds is 4. The highest BCUT2D eigenvalue weighted by Gasteiger charge is 2.29. The normalized spacial score (nSPS) is 21.0. The SMILES string of the molecule is CCc1c(C)nc(N)n2c(SCC(=O)N3[C@H](C)CCC[C@@H]3C)nnc12. The predicted molar refractivity (Wildman–Crippen MR) is 99.7 cm³/mol. The number of nitrogens with two attached hydrogens (primary N) is 1. The van der Waals surface area contributed by atoms with Crippen molar-refractivity contribution in [1.82, 2.24) is 24.5 Å². The summed E-state index contributed by atoms with van der Waals surface area (Å²) in [5.41, 5.74) is 8.74. The van der Waals surface area contributed by atoms with Gasteiger partial charge >= 0.3 is 0 Å². The van der Waals surface area contributed by atoms with Gasteiger partial charge in [-0.3, -0.25) is 4.79 Å². The lowest BCUT2D eigenvalue weighted by Gasteiger charge is -2.39. The molecule has 2 aromatic rings. The van der Waals surface area contributed by atoms with E-state index in [4.69, 9.17) is 5.73 Å². The van der Waals surface area contributed by atoms with E-state index < -0.39 is 0 Å². The Kier molecular flexibility index (Phi) is 5.17. The van der Waals surface area contributed by atoms with Crippen LogP contribution in [0.4, 0.5) is 5.95 Å². The molecule has 0 bridgehead atoms. The van der Waals surface area contributed by atoms with Gasteiger partial charge in [-0.15, -0.1) is 10.2 Å². The second kappa shape index (κ2) is 7.19. The van der Waals surface area contributed by atoms with E-state index in [2.05, 4.69) is 36.0 Å². The number of nitrogen functional groups attached to an aromatic ring is 1. The monoisotopic (exact) mass is 362 g/mol. The van der Waals surface area contributed by atoms with E-state index in [1.54, 1.807) is 4.40 Å². The number of aryl methyl sites for hydroxylation is 2. The first-order chi connectivity index (χ1) is 11.9. The molecule has 2 aromatic heterocycles. The topological polar surface area (TPSA) is 89.4 Å². The average molecular weight is 363 g/mol. The van der Waals surface area contributed by atoms with Gasteiger partial charge in [-0.25, -0.2) is 9.38 Å². The van der Waals surface area contributed by atoms with E-state index in [1.807, 2.05) is 11.8 Å². The highest BCUT2D eigenvalue weighted by atomic mass is 32.2. The lowest BCUT2D eigenvalue weighted by atomic mass is 9.98. The molecule has 136 valence electrons. The maximum absolute atomic E-state index is 12.7. The number of piperidine rings is 1. The molecule has 0 unspecified atom stereocenters. The van der Waals surface area contributed by atoms with Crippen molar-refractivity contribution in [2.45, 2.75) is 70.6 Å². The fourth-order valence-corrected chi connectivity index (χ4v) is 4.55. The number of hydrogen-bond acceptors (Lipinski definition) is 6. The highest BCUT2D eigenvalue weighted by molar-refractivity contribution is 7.99. The third-order valence-electron chi connectivity index (χ3n) is 5.01. The van der Waals surface area contributed by atoms with Crippen molar-refractivity contribution >= 4 is 29.3 Å². The molecule has 2 atom stereocenters. The molecule has 1 saturated heterocycles. The standard InChI is InChI=1S/C17H26N6OS/c1-5-13-12(4)19-16(18)23-15(13)20-21-17(23)25-9-14(24)22-10(2)7-6-8-11(22)3/h10-11H,5-9H2,1-4H3,(H2,18,19)/t10-,11+. The third-order valence-corrected chi connectivity index (χ3v) is 5.92. The van der Waals surface area contributed by atoms with Crippen LogP contribution in [-0.4, -0.2) is 48.2 Å². The molecule has 0 spiro atoms.